The number of fused-ring (bicyclic) bond motifs is 3. The van der Waals surface area contributed by atoms with Crippen molar-refractivity contribution in [1.82, 2.24) is 21.3 Å². The fourth-order valence-electron chi connectivity index (χ4n) is 6.04. The molecule has 0 heterocycles. The molecule has 1 aliphatic rings. The van der Waals surface area contributed by atoms with Gasteiger partial charge in [-0.05, 0) is 55.9 Å². The number of rotatable bonds is 29. The Morgan fingerprint density at radius 1 is 0.518 bits per heavy atom. The molecule has 2 aromatic carbocycles. The Morgan fingerprint density at radius 2 is 0.911 bits per heavy atom. The highest BCUT2D eigenvalue weighted by Gasteiger charge is 2.29. The highest BCUT2D eigenvalue weighted by molar-refractivity contribution is 5.79. The summed E-state index contributed by atoms with van der Waals surface area (Å²) in [4.78, 5) is 47.9. The van der Waals surface area contributed by atoms with Crippen molar-refractivity contribution in [2.75, 3.05) is 85.6 Å². The lowest BCUT2D eigenvalue weighted by Gasteiger charge is -2.19. The first-order valence-corrected chi connectivity index (χ1v) is 20.0. The summed E-state index contributed by atoms with van der Waals surface area (Å²) in [5.74, 6) is 0.0613. The molecule has 1 aliphatic carbocycles. The highest BCUT2D eigenvalue weighted by Crippen LogP contribution is 2.44. The van der Waals surface area contributed by atoms with Gasteiger partial charge in [0.1, 0.15) is 12.2 Å². The third-order valence-corrected chi connectivity index (χ3v) is 8.71. The summed E-state index contributed by atoms with van der Waals surface area (Å²) in [6, 6.07) is 16.5. The molecule has 0 fully saturated rings. The molecule has 56 heavy (non-hydrogen) atoms. The van der Waals surface area contributed by atoms with E-state index in [0.717, 1.165) is 38.5 Å². The minimum absolute atomic E-state index is 0.0185. The van der Waals surface area contributed by atoms with Crippen LogP contribution in [-0.4, -0.2) is 115 Å². The van der Waals surface area contributed by atoms with Crippen LogP contribution in [0.25, 0.3) is 11.1 Å². The van der Waals surface area contributed by atoms with Crippen molar-refractivity contribution in [3.05, 3.63) is 59.7 Å². The maximum absolute atomic E-state index is 12.3. The van der Waals surface area contributed by atoms with Crippen LogP contribution in [0, 0.1) is 0 Å². The Bertz CT molecular complexity index is 1410. The second kappa shape index (κ2) is 27.4. The van der Waals surface area contributed by atoms with Crippen LogP contribution in [0.5, 0.6) is 0 Å². The average Bonchev–Trinajstić information content (AvgIpc) is 3.49. The van der Waals surface area contributed by atoms with Gasteiger partial charge in [0.2, 0.25) is 11.8 Å². The summed E-state index contributed by atoms with van der Waals surface area (Å²) in [5, 5.41) is 11.1. The topological polar surface area (TPSA) is 172 Å². The Morgan fingerprint density at radius 3 is 1.36 bits per heavy atom. The second-order valence-corrected chi connectivity index (χ2v) is 14.5. The minimum atomic E-state index is -0.530. The number of alkyl carbamates (subject to hydrolysis) is 2. The van der Waals surface area contributed by atoms with E-state index in [0.29, 0.717) is 91.9 Å². The maximum Gasteiger partial charge on any atom is 0.407 e. The predicted molar refractivity (Wildman–Crippen MR) is 214 cm³/mol. The van der Waals surface area contributed by atoms with Crippen molar-refractivity contribution < 1.29 is 47.6 Å². The Labute approximate surface area is 332 Å². The van der Waals surface area contributed by atoms with Gasteiger partial charge in [-0.15, -0.1) is 0 Å². The maximum atomic E-state index is 12.3. The van der Waals surface area contributed by atoms with Gasteiger partial charge in [0.15, 0.2) is 0 Å². The third kappa shape index (κ3) is 20.1. The van der Waals surface area contributed by atoms with E-state index in [4.69, 9.17) is 28.4 Å². The van der Waals surface area contributed by atoms with Gasteiger partial charge in [-0.1, -0.05) is 74.2 Å². The van der Waals surface area contributed by atoms with Crippen molar-refractivity contribution in [1.29, 1.82) is 0 Å². The third-order valence-electron chi connectivity index (χ3n) is 8.71. The van der Waals surface area contributed by atoms with Crippen LogP contribution in [0.2, 0.25) is 0 Å². The highest BCUT2D eigenvalue weighted by atomic mass is 16.6. The van der Waals surface area contributed by atoms with Crippen LogP contribution in [0.15, 0.2) is 48.5 Å². The van der Waals surface area contributed by atoms with E-state index in [-0.39, 0.29) is 24.3 Å². The molecular weight excluding hydrogens is 720 g/mol. The number of benzene rings is 2. The number of unbranched alkanes of at least 4 members (excludes halogenated alkanes) is 5. The largest absolute Gasteiger partial charge is 0.449 e. The van der Waals surface area contributed by atoms with Gasteiger partial charge in [-0.3, -0.25) is 9.59 Å². The molecule has 0 unspecified atom stereocenters. The molecule has 0 aromatic heterocycles. The molecule has 4 N–H and O–H groups in total. The van der Waals surface area contributed by atoms with E-state index in [1.165, 1.54) is 22.3 Å². The first-order valence-electron chi connectivity index (χ1n) is 20.0. The quantitative estimate of drug-likeness (QED) is 0.0776. The molecule has 0 atom stereocenters. The molecule has 0 saturated carbocycles. The molecule has 2 aromatic rings. The van der Waals surface area contributed by atoms with Crippen LogP contribution in [-0.2, 0) is 38.0 Å². The summed E-state index contributed by atoms with van der Waals surface area (Å²) >= 11 is 0. The van der Waals surface area contributed by atoms with Crippen LogP contribution < -0.4 is 21.3 Å². The fourth-order valence-corrected chi connectivity index (χ4v) is 6.04. The van der Waals surface area contributed by atoms with Gasteiger partial charge in [-0.25, -0.2) is 9.59 Å². The van der Waals surface area contributed by atoms with Crippen molar-refractivity contribution in [2.45, 2.75) is 83.7 Å². The van der Waals surface area contributed by atoms with Crippen molar-refractivity contribution in [3.63, 3.8) is 0 Å². The van der Waals surface area contributed by atoms with Gasteiger partial charge >= 0.3 is 12.2 Å². The predicted octanol–water partition coefficient (Wildman–Crippen LogP) is 5.47. The molecule has 14 heteroatoms. The Hall–Kier alpha value is -4.24. The number of nitrogens with one attached hydrogen (secondary N) is 4. The molecule has 0 radical (unpaired) electrons. The molecule has 4 amide bonds. The first kappa shape index (κ1) is 46.1. The van der Waals surface area contributed by atoms with Gasteiger partial charge < -0.3 is 49.7 Å². The zero-order valence-corrected chi connectivity index (χ0v) is 33.6. The summed E-state index contributed by atoms with van der Waals surface area (Å²) in [5.41, 5.74) is 4.20. The smallest absolute Gasteiger partial charge is 0.407 e. The van der Waals surface area contributed by atoms with Gasteiger partial charge in [0.25, 0.3) is 0 Å². The zero-order chi connectivity index (χ0) is 40.3. The second-order valence-electron chi connectivity index (χ2n) is 14.5. The van der Waals surface area contributed by atoms with Gasteiger partial charge in [-0.2, -0.15) is 0 Å². The van der Waals surface area contributed by atoms with Crippen molar-refractivity contribution in [2.24, 2.45) is 0 Å². The summed E-state index contributed by atoms with van der Waals surface area (Å²) in [6.07, 6.45) is 5.73. The minimum Gasteiger partial charge on any atom is -0.449 e. The molecule has 0 saturated heterocycles. The number of hydrogen-bond acceptors (Lipinski definition) is 10. The van der Waals surface area contributed by atoms with E-state index in [9.17, 15) is 19.2 Å². The average molecular weight is 785 g/mol. The molecule has 0 spiro atoms. The fraction of sp³-hybridized carbons (Fsp3) is 0.619. The van der Waals surface area contributed by atoms with Gasteiger partial charge in [0.05, 0.1) is 52.9 Å². The molecule has 14 nitrogen and oxygen atoms in total. The standard InChI is InChI=1S/C42H64N4O10/c1-42(2,3)56-41(50)46-23-27-54-31-29-52-25-21-44-39(48)19-9-7-5-4-6-8-18-38(47)43-20-24-51-28-30-53-26-22-45-40(49)55-32-37-35-16-12-10-14-33(35)34-15-11-13-17-36(34)37/h10-17,37H,4-9,18-32H2,1-3H3,(H,43,47)(H,44,48)(H,45,49)(H,46,50). The summed E-state index contributed by atoms with van der Waals surface area (Å²) < 4.78 is 32.6. The first-order chi connectivity index (χ1) is 27.1. The number of ether oxygens (including phenoxy) is 6. The Balaban J connectivity index is 1.01. The van der Waals surface area contributed by atoms with E-state index < -0.39 is 17.8 Å². The normalized spacial score (nSPS) is 12.1. The number of hydrogen-bond donors (Lipinski definition) is 4. The lowest BCUT2D eigenvalue weighted by molar-refractivity contribution is -0.122. The molecular formula is C42H64N4O10. The lowest BCUT2D eigenvalue weighted by atomic mass is 9.98. The van der Waals surface area contributed by atoms with E-state index in [2.05, 4.69) is 45.5 Å². The molecule has 312 valence electrons. The zero-order valence-electron chi connectivity index (χ0n) is 33.6. The SMILES string of the molecule is CC(C)(C)OC(=O)NCCOCCOCCNC(=O)CCCCCCCCC(=O)NCCOCCOCCNC(=O)OCC1c2ccccc2-c2ccccc21. The van der Waals surface area contributed by atoms with Crippen LogP contribution in [0.1, 0.15) is 89.2 Å². The number of amides is 4. The summed E-state index contributed by atoms with van der Waals surface area (Å²) in [6.45, 7) is 10.4. The van der Waals surface area contributed by atoms with Crippen molar-refractivity contribution >= 4 is 24.0 Å². The van der Waals surface area contributed by atoms with Gasteiger partial charge in [0, 0.05) is 44.9 Å². The molecule has 3 rings (SSSR count). The molecule has 0 aliphatic heterocycles. The number of carbonyl (C=O) groups excluding carboxylic acids is 4. The number of carbonyl (C=O) groups is 4. The molecule has 0 bridgehead atoms. The van der Waals surface area contributed by atoms with E-state index in [1.807, 2.05) is 24.3 Å². The summed E-state index contributed by atoms with van der Waals surface area (Å²) in [7, 11) is 0. The van der Waals surface area contributed by atoms with Crippen LogP contribution in [0.3, 0.4) is 0 Å². The van der Waals surface area contributed by atoms with Crippen LogP contribution >= 0.6 is 0 Å². The van der Waals surface area contributed by atoms with E-state index >= 15 is 0 Å². The lowest BCUT2D eigenvalue weighted by Crippen LogP contribution is -2.34. The Kier molecular flexibility index (Phi) is 22.6. The monoisotopic (exact) mass is 784 g/mol. The van der Waals surface area contributed by atoms with E-state index in [1.54, 1.807) is 20.8 Å². The van der Waals surface area contributed by atoms with Crippen molar-refractivity contribution in [3.8, 4) is 11.1 Å². The van der Waals surface area contributed by atoms with Crippen LogP contribution in [0.4, 0.5) is 9.59 Å².